The Morgan fingerprint density at radius 2 is 1.68 bits per heavy atom. The first-order valence-electron chi connectivity index (χ1n) is 7.18. The van der Waals surface area contributed by atoms with Gasteiger partial charge in [-0.15, -0.1) is 0 Å². The van der Waals surface area contributed by atoms with E-state index in [1.807, 2.05) is 0 Å². The topological polar surface area (TPSA) is 84.9 Å². The number of carboxylic acids is 1. The van der Waals surface area contributed by atoms with E-state index in [2.05, 4.69) is 5.32 Å². The number of anilines is 1. The lowest BCUT2D eigenvalue weighted by molar-refractivity contribution is -0.111. The van der Waals surface area contributed by atoms with Gasteiger partial charge in [-0.2, -0.15) is 0 Å². The number of carbonyl (C=O) groups excluding carboxylic acids is 1. The van der Waals surface area contributed by atoms with Gasteiger partial charge in [-0.1, -0.05) is 12.1 Å². The van der Waals surface area contributed by atoms with Crippen molar-refractivity contribution in [2.75, 3.05) is 19.5 Å². The number of aromatic carboxylic acids is 1. The largest absolute Gasteiger partial charge is 0.493 e. The van der Waals surface area contributed by atoms with Crippen LogP contribution in [0.5, 0.6) is 11.5 Å². The predicted molar refractivity (Wildman–Crippen MR) is 90.6 cm³/mol. The number of methoxy groups -OCH3 is 2. The summed E-state index contributed by atoms with van der Waals surface area (Å²) in [4.78, 5) is 23.4. The molecule has 1 amide bonds. The molecule has 2 aromatic carbocycles. The molecule has 0 bridgehead atoms. The Labute approximate surface area is 143 Å². The van der Waals surface area contributed by atoms with Crippen LogP contribution >= 0.6 is 0 Å². The molecule has 0 radical (unpaired) electrons. The smallest absolute Gasteiger partial charge is 0.337 e. The average Bonchev–Trinajstić information content (AvgIpc) is 2.60. The van der Waals surface area contributed by atoms with Crippen molar-refractivity contribution in [2.45, 2.75) is 0 Å². The number of amides is 1. The molecule has 0 aliphatic carbocycles. The number of carboxylic acid groups (broad SMARTS) is 1. The highest BCUT2D eigenvalue weighted by Crippen LogP contribution is 2.33. The minimum atomic E-state index is -1.22. The van der Waals surface area contributed by atoms with Crippen LogP contribution in [-0.4, -0.2) is 31.2 Å². The lowest BCUT2D eigenvalue weighted by Gasteiger charge is -2.13. The summed E-state index contributed by atoms with van der Waals surface area (Å²) in [6.45, 7) is 0. The van der Waals surface area contributed by atoms with Crippen molar-refractivity contribution in [3.05, 3.63) is 59.4 Å². The second kappa shape index (κ2) is 7.96. The molecular formula is C18H16FNO5. The zero-order chi connectivity index (χ0) is 18.4. The summed E-state index contributed by atoms with van der Waals surface area (Å²) in [7, 11) is 2.78. The summed E-state index contributed by atoms with van der Waals surface area (Å²) >= 11 is 0. The van der Waals surface area contributed by atoms with Crippen molar-refractivity contribution >= 4 is 23.6 Å². The third-order valence-electron chi connectivity index (χ3n) is 3.31. The standard InChI is InChI=1S/C18H16FNO5/c1-24-15-9-13(18(22)23)14(10-16(15)25-2)20-17(21)8-5-11-3-6-12(19)7-4-11/h3-10H,1-2H3,(H,20,21)(H,22,23)/b8-5+. The zero-order valence-corrected chi connectivity index (χ0v) is 13.6. The summed E-state index contributed by atoms with van der Waals surface area (Å²) < 4.78 is 23.0. The van der Waals surface area contributed by atoms with Crippen molar-refractivity contribution in [2.24, 2.45) is 0 Å². The molecule has 0 aliphatic heterocycles. The quantitative estimate of drug-likeness (QED) is 0.786. The van der Waals surface area contributed by atoms with E-state index in [1.165, 1.54) is 62.8 Å². The first-order valence-corrected chi connectivity index (χ1v) is 7.18. The summed E-state index contributed by atoms with van der Waals surface area (Å²) in [5.74, 6) is -1.62. The van der Waals surface area contributed by atoms with Gasteiger partial charge in [-0.05, 0) is 23.8 Å². The molecule has 7 heteroatoms. The van der Waals surface area contributed by atoms with Gasteiger partial charge in [0.25, 0.3) is 0 Å². The number of hydrogen-bond acceptors (Lipinski definition) is 4. The van der Waals surface area contributed by atoms with E-state index in [4.69, 9.17) is 9.47 Å². The van der Waals surface area contributed by atoms with E-state index in [0.717, 1.165) is 0 Å². The van der Waals surface area contributed by atoms with Crippen LogP contribution in [0.2, 0.25) is 0 Å². The lowest BCUT2D eigenvalue weighted by Crippen LogP contribution is -2.12. The molecule has 0 saturated carbocycles. The molecule has 0 aliphatic rings. The highest BCUT2D eigenvalue weighted by atomic mass is 19.1. The maximum absolute atomic E-state index is 12.8. The van der Waals surface area contributed by atoms with Crippen LogP contribution in [-0.2, 0) is 4.79 Å². The van der Waals surface area contributed by atoms with Crippen molar-refractivity contribution in [3.63, 3.8) is 0 Å². The molecule has 0 spiro atoms. The second-order valence-corrected chi connectivity index (χ2v) is 4.93. The maximum atomic E-state index is 12.8. The van der Waals surface area contributed by atoms with Gasteiger partial charge in [0.2, 0.25) is 5.91 Å². The van der Waals surface area contributed by atoms with Gasteiger partial charge in [-0.3, -0.25) is 4.79 Å². The van der Waals surface area contributed by atoms with E-state index < -0.39 is 11.9 Å². The van der Waals surface area contributed by atoms with Gasteiger partial charge in [-0.25, -0.2) is 9.18 Å². The number of carbonyl (C=O) groups is 2. The van der Waals surface area contributed by atoms with Crippen LogP contribution < -0.4 is 14.8 Å². The fourth-order valence-electron chi connectivity index (χ4n) is 2.08. The Balaban J connectivity index is 2.24. The van der Waals surface area contributed by atoms with E-state index >= 15 is 0 Å². The molecule has 2 N–H and O–H groups in total. The molecular weight excluding hydrogens is 329 g/mol. The third-order valence-corrected chi connectivity index (χ3v) is 3.31. The van der Waals surface area contributed by atoms with Gasteiger partial charge in [0, 0.05) is 18.2 Å². The van der Waals surface area contributed by atoms with Crippen molar-refractivity contribution in [3.8, 4) is 11.5 Å². The molecule has 0 atom stereocenters. The summed E-state index contributed by atoms with van der Waals surface area (Å²) in [5, 5.41) is 11.8. The predicted octanol–water partition coefficient (Wildman–Crippen LogP) is 3.19. The molecule has 0 saturated heterocycles. The number of nitrogens with one attached hydrogen (secondary N) is 1. The van der Waals surface area contributed by atoms with Crippen LogP contribution in [0.3, 0.4) is 0 Å². The summed E-state index contributed by atoms with van der Waals surface area (Å²) in [6.07, 6.45) is 2.70. The van der Waals surface area contributed by atoms with Gasteiger partial charge in [0.15, 0.2) is 11.5 Å². The van der Waals surface area contributed by atoms with Crippen LogP contribution in [0.1, 0.15) is 15.9 Å². The third kappa shape index (κ3) is 4.57. The molecule has 0 unspecified atom stereocenters. The number of rotatable bonds is 6. The Hall–Kier alpha value is -3.35. The van der Waals surface area contributed by atoms with Gasteiger partial charge < -0.3 is 19.9 Å². The summed E-state index contributed by atoms with van der Waals surface area (Å²) in [5.41, 5.74) is 0.558. The highest BCUT2D eigenvalue weighted by molar-refractivity contribution is 6.06. The molecule has 0 fully saturated rings. The zero-order valence-electron chi connectivity index (χ0n) is 13.6. The van der Waals surface area contributed by atoms with E-state index in [9.17, 15) is 19.1 Å². The highest BCUT2D eigenvalue weighted by Gasteiger charge is 2.17. The van der Waals surface area contributed by atoms with Crippen LogP contribution in [0, 0.1) is 5.82 Å². The minimum Gasteiger partial charge on any atom is -0.493 e. The van der Waals surface area contributed by atoms with Crippen molar-refractivity contribution in [1.29, 1.82) is 0 Å². The number of ether oxygens (including phenoxy) is 2. The number of halogens is 1. The van der Waals surface area contributed by atoms with Crippen LogP contribution in [0.15, 0.2) is 42.5 Å². The fourth-order valence-corrected chi connectivity index (χ4v) is 2.08. The molecule has 2 aromatic rings. The molecule has 2 rings (SSSR count). The molecule has 130 valence electrons. The SMILES string of the molecule is COc1cc(NC(=O)/C=C/c2ccc(F)cc2)c(C(=O)O)cc1OC. The Morgan fingerprint density at radius 1 is 1.08 bits per heavy atom. The number of hydrogen-bond donors (Lipinski definition) is 2. The maximum Gasteiger partial charge on any atom is 0.337 e. The molecule has 0 heterocycles. The van der Waals surface area contributed by atoms with Crippen LogP contribution in [0.25, 0.3) is 6.08 Å². The molecule has 25 heavy (non-hydrogen) atoms. The van der Waals surface area contributed by atoms with Crippen LogP contribution in [0.4, 0.5) is 10.1 Å². The van der Waals surface area contributed by atoms with E-state index in [0.29, 0.717) is 5.56 Å². The van der Waals surface area contributed by atoms with Gasteiger partial charge >= 0.3 is 5.97 Å². The van der Waals surface area contributed by atoms with Gasteiger partial charge in [0.1, 0.15) is 5.82 Å². The lowest BCUT2D eigenvalue weighted by atomic mass is 10.1. The Morgan fingerprint density at radius 3 is 2.24 bits per heavy atom. The normalized spacial score (nSPS) is 10.5. The number of benzene rings is 2. The molecule has 6 nitrogen and oxygen atoms in total. The van der Waals surface area contributed by atoms with Crippen molar-refractivity contribution in [1.82, 2.24) is 0 Å². The Kier molecular flexibility index (Phi) is 5.73. The first-order chi connectivity index (χ1) is 11.9. The summed E-state index contributed by atoms with van der Waals surface area (Å²) in [6, 6.07) is 8.20. The van der Waals surface area contributed by atoms with E-state index in [1.54, 1.807) is 0 Å². The fraction of sp³-hybridized carbons (Fsp3) is 0.111. The molecule has 0 aromatic heterocycles. The second-order valence-electron chi connectivity index (χ2n) is 4.93. The first kappa shape index (κ1) is 18.0. The van der Waals surface area contributed by atoms with E-state index in [-0.39, 0.29) is 28.6 Å². The monoisotopic (exact) mass is 345 g/mol. The Bertz CT molecular complexity index is 815. The minimum absolute atomic E-state index is 0.0684. The average molecular weight is 345 g/mol. The van der Waals surface area contributed by atoms with Gasteiger partial charge in [0.05, 0.1) is 25.5 Å². The van der Waals surface area contributed by atoms with Crippen molar-refractivity contribution < 1.29 is 28.6 Å².